The molecule has 0 aliphatic rings. The minimum Gasteiger partial charge on any atom is -0.457 e. The van der Waals surface area contributed by atoms with Crippen LogP contribution in [0.15, 0.2) is 65.1 Å². The first-order chi connectivity index (χ1) is 15.1. The smallest absolute Gasteiger partial charge is 0.234 e. The van der Waals surface area contributed by atoms with Crippen molar-refractivity contribution in [3.63, 3.8) is 0 Å². The molecular formula is C23H21N3O3S2. The molecule has 6 nitrogen and oxygen atoms in total. The predicted octanol–water partition coefficient (Wildman–Crippen LogP) is 4.85. The van der Waals surface area contributed by atoms with Crippen LogP contribution in [0.25, 0.3) is 21.0 Å². The second kappa shape index (κ2) is 9.80. The van der Waals surface area contributed by atoms with Crippen LogP contribution in [0, 0.1) is 6.92 Å². The molecule has 0 radical (unpaired) electrons. The lowest BCUT2D eigenvalue weighted by Crippen LogP contribution is -2.25. The summed E-state index contributed by atoms with van der Waals surface area (Å²) < 4.78 is 6.93. The first-order valence-electron chi connectivity index (χ1n) is 9.72. The predicted molar refractivity (Wildman–Crippen MR) is 126 cm³/mol. The highest BCUT2D eigenvalue weighted by molar-refractivity contribution is 8.00. The highest BCUT2D eigenvalue weighted by Crippen LogP contribution is 2.31. The molecule has 2 N–H and O–H groups in total. The molecule has 0 atom stereocenters. The second-order valence-corrected chi connectivity index (χ2v) is 8.96. The summed E-state index contributed by atoms with van der Waals surface area (Å²) in [4.78, 5) is 28.7. The second-order valence-electron chi connectivity index (χ2n) is 6.94. The number of nitrogens with one attached hydrogen (secondary N) is 2. The molecule has 0 bridgehead atoms. The van der Waals surface area contributed by atoms with Crippen molar-refractivity contribution in [1.82, 2.24) is 10.3 Å². The molecular weight excluding hydrogens is 430 g/mol. The molecule has 2 amide bonds. The van der Waals surface area contributed by atoms with Crippen LogP contribution in [0.1, 0.15) is 11.3 Å². The maximum atomic E-state index is 12.1. The van der Waals surface area contributed by atoms with E-state index in [1.165, 1.54) is 11.8 Å². The summed E-state index contributed by atoms with van der Waals surface area (Å²) in [7, 11) is 0. The van der Waals surface area contributed by atoms with Gasteiger partial charge in [-0.1, -0.05) is 24.3 Å². The van der Waals surface area contributed by atoms with E-state index < -0.39 is 0 Å². The molecule has 0 unspecified atom stereocenters. The van der Waals surface area contributed by atoms with Gasteiger partial charge in [-0.25, -0.2) is 4.98 Å². The Morgan fingerprint density at radius 3 is 2.71 bits per heavy atom. The molecule has 0 spiro atoms. The van der Waals surface area contributed by atoms with Gasteiger partial charge >= 0.3 is 0 Å². The van der Waals surface area contributed by atoms with E-state index in [1.807, 2.05) is 67.6 Å². The first-order valence-corrected chi connectivity index (χ1v) is 11.7. The minimum atomic E-state index is -0.147. The summed E-state index contributed by atoms with van der Waals surface area (Å²) >= 11 is 2.84. The number of thioether (sulfide) groups is 1. The molecule has 0 aliphatic heterocycles. The third kappa shape index (κ3) is 5.74. The molecule has 0 aliphatic carbocycles. The van der Waals surface area contributed by atoms with Gasteiger partial charge in [-0.2, -0.15) is 0 Å². The maximum absolute atomic E-state index is 12.1. The van der Waals surface area contributed by atoms with Gasteiger partial charge < -0.3 is 15.1 Å². The zero-order valence-corrected chi connectivity index (χ0v) is 18.5. The van der Waals surface area contributed by atoms with Gasteiger partial charge in [0.2, 0.25) is 11.8 Å². The van der Waals surface area contributed by atoms with Crippen LogP contribution in [0.5, 0.6) is 0 Å². The number of fused-ring (bicyclic) bond motifs is 1. The number of aromatic nitrogens is 1. The minimum absolute atomic E-state index is 0.130. The third-order valence-electron chi connectivity index (χ3n) is 4.39. The van der Waals surface area contributed by atoms with Crippen LogP contribution in [-0.4, -0.2) is 28.3 Å². The number of rotatable bonds is 8. The highest BCUT2D eigenvalue weighted by Gasteiger charge is 2.11. The molecule has 0 saturated carbocycles. The van der Waals surface area contributed by atoms with Gasteiger partial charge in [-0.05, 0) is 48.9 Å². The van der Waals surface area contributed by atoms with E-state index in [0.717, 1.165) is 26.5 Å². The van der Waals surface area contributed by atoms with Crippen molar-refractivity contribution >= 4 is 50.8 Å². The summed E-state index contributed by atoms with van der Waals surface area (Å²) in [6, 6.07) is 19.2. The van der Waals surface area contributed by atoms with E-state index in [2.05, 4.69) is 15.6 Å². The molecule has 158 valence electrons. The van der Waals surface area contributed by atoms with E-state index >= 15 is 0 Å². The number of furan rings is 1. The average Bonchev–Trinajstić information content (AvgIpc) is 3.39. The van der Waals surface area contributed by atoms with Crippen molar-refractivity contribution < 1.29 is 14.0 Å². The molecule has 4 rings (SSSR count). The number of carbonyl (C=O) groups is 2. The van der Waals surface area contributed by atoms with Crippen molar-refractivity contribution in [3.8, 4) is 10.8 Å². The van der Waals surface area contributed by atoms with E-state index in [9.17, 15) is 9.59 Å². The van der Waals surface area contributed by atoms with E-state index in [0.29, 0.717) is 18.1 Å². The van der Waals surface area contributed by atoms with Gasteiger partial charge in [0.05, 0.1) is 28.3 Å². The summed E-state index contributed by atoms with van der Waals surface area (Å²) in [5, 5.41) is 6.46. The zero-order valence-electron chi connectivity index (χ0n) is 16.9. The SMILES string of the molecule is Cc1cccc(NC(=O)CSCC(=O)NCc2ccc(-c3nc4ccccc4s3)o2)c1. The number of benzene rings is 2. The van der Waals surface area contributed by atoms with Gasteiger partial charge in [0, 0.05) is 5.69 Å². The fraction of sp³-hybridized carbons (Fsp3) is 0.174. The summed E-state index contributed by atoms with van der Waals surface area (Å²) in [6.45, 7) is 2.26. The van der Waals surface area contributed by atoms with Crippen LogP contribution in [-0.2, 0) is 16.1 Å². The number of thiazole rings is 1. The number of carbonyl (C=O) groups excluding carboxylic acids is 2. The Kier molecular flexibility index (Phi) is 6.69. The number of aryl methyl sites for hydroxylation is 1. The Balaban J connectivity index is 1.21. The monoisotopic (exact) mass is 451 g/mol. The Morgan fingerprint density at radius 2 is 1.87 bits per heavy atom. The number of amides is 2. The number of nitrogens with zero attached hydrogens (tertiary/aromatic N) is 1. The summed E-state index contributed by atoms with van der Waals surface area (Å²) in [5.41, 5.74) is 2.78. The lowest BCUT2D eigenvalue weighted by atomic mass is 10.2. The topological polar surface area (TPSA) is 84.2 Å². The fourth-order valence-electron chi connectivity index (χ4n) is 2.96. The van der Waals surface area contributed by atoms with Crippen molar-refractivity contribution in [2.45, 2.75) is 13.5 Å². The summed E-state index contributed by atoms with van der Waals surface area (Å²) in [6.07, 6.45) is 0. The molecule has 31 heavy (non-hydrogen) atoms. The molecule has 8 heteroatoms. The van der Waals surface area contributed by atoms with E-state index in [1.54, 1.807) is 11.3 Å². The third-order valence-corrected chi connectivity index (χ3v) is 6.38. The quantitative estimate of drug-likeness (QED) is 0.400. The Morgan fingerprint density at radius 1 is 1.03 bits per heavy atom. The Bertz CT molecular complexity index is 1180. The average molecular weight is 452 g/mol. The fourth-order valence-corrected chi connectivity index (χ4v) is 4.53. The van der Waals surface area contributed by atoms with Gasteiger partial charge in [-0.3, -0.25) is 9.59 Å². The largest absolute Gasteiger partial charge is 0.457 e. The normalized spacial score (nSPS) is 10.9. The van der Waals surface area contributed by atoms with Gasteiger partial charge in [-0.15, -0.1) is 23.1 Å². The molecule has 2 aromatic carbocycles. The number of hydrogen-bond acceptors (Lipinski definition) is 6. The zero-order chi connectivity index (χ0) is 21.6. The van der Waals surface area contributed by atoms with Crippen molar-refractivity contribution in [2.75, 3.05) is 16.8 Å². The van der Waals surface area contributed by atoms with Crippen LogP contribution < -0.4 is 10.6 Å². The van der Waals surface area contributed by atoms with Crippen molar-refractivity contribution in [2.24, 2.45) is 0 Å². The Labute approximate surface area is 188 Å². The lowest BCUT2D eigenvalue weighted by molar-refractivity contribution is -0.118. The summed E-state index contributed by atoms with van der Waals surface area (Å²) in [5.74, 6) is 1.48. The Hall–Kier alpha value is -3.10. The van der Waals surface area contributed by atoms with Gasteiger partial charge in [0.1, 0.15) is 5.76 Å². The number of anilines is 1. The maximum Gasteiger partial charge on any atom is 0.234 e. The molecule has 2 aromatic heterocycles. The molecule has 0 saturated heterocycles. The van der Waals surface area contributed by atoms with Crippen LogP contribution in [0.4, 0.5) is 5.69 Å². The number of hydrogen-bond donors (Lipinski definition) is 2. The van der Waals surface area contributed by atoms with Crippen molar-refractivity contribution in [3.05, 3.63) is 72.0 Å². The molecule has 4 aromatic rings. The van der Waals surface area contributed by atoms with Crippen LogP contribution in [0.2, 0.25) is 0 Å². The van der Waals surface area contributed by atoms with Crippen LogP contribution in [0.3, 0.4) is 0 Å². The molecule has 2 heterocycles. The standard InChI is InChI=1S/C23H21N3O3S2/c1-15-5-4-6-16(11-15)25-22(28)14-30-13-21(27)24-12-17-9-10-19(29-17)23-26-18-7-2-3-8-20(18)31-23/h2-11H,12-14H2,1H3,(H,24,27)(H,25,28). The number of para-hydroxylation sites is 1. The van der Waals surface area contributed by atoms with E-state index in [4.69, 9.17) is 4.42 Å². The van der Waals surface area contributed by atoms with Gasteiger partial charge in [0.25, 0.3) is 0 Å². The van der Waals surface area contributed by atoms with Crippen LogP contribution >= 0.6 is 23.1 Å². The first kappa shape index (κ1) is 21.1. The highest BCUT2D eigenvalue weighted by atomic mass is 32.2. The van der Waals surface area contributed by atoms with Gasteiger partial charge in [0.15, 0.2) is 10.8 Å². The lowest BCUT2D eigenvalue weighted by Gasteiger charge is -2.06. The molecule has 0 fully saturated rings. The van der Waals surface area contributed by atoms with Crippen molar-refractivity contribution in [1.29, 1.82) is 0 Å². The van der Waals surface area contributed by atoms with E-state index in [-0.39, 0.29) is 23.3 Å².